The van der Waals surface area contributed by atoms with Crippen LogP contribution in [0.2, 0.25) is 0 Å². The number of nitrogens with one attached hydrogen (secondary N) is 1. The van der Waals surface area contributed by atoms with Gasteiger partial charge in [-0.1, -0.05) is 6.92 Å². The molecule has 0 aliphatic rings. The Morgan fingerprint density at radius 3 is 2.94 bits per heavy atom. The summed E-state index contributed by atoms with van der Waals surface area (Å²) in [4.78, 5) is 0. The molecule has 1 heterocycles. The van der Waals surface area contributed by atoms with E-state index in [-0.39, 0.29) is 19.0 Å². The third-order valence-electron chi connectivity index (χ3n) is 2.31. The van der Waals surface area contributed by atoms with E-state index >= 15 is 0 Å². The molecule has 0 saturated heterocycles. The first kappa shape index (κ1) is 15.4. The Labute approximate surface area is 103 Å². The molecule has 5 heteroatoms. The second-order valence-corrected chi connectivity index (χ2v) is 3.65. The van der Waals surface area contributed by atoms with Crippen LogP contribution in [0.15, 0.2) is 12.3 Å². The Kier molecular flexibility index (Phi) is 9.28. The van der Waals surface area contributed by atoms with Crippen LogP contribution in [0, 0.1) is 0 Å². The molecule has 1 rings (SSSR count). The number of unbranched alkanes of at least 4 members (excludes halogenated alkanes) is 1. The number of hydrogen-bond acceptors (Lipinski definition) is 3. The zero-order valence-corrected chi connectivity index (χ0v) is 10.7. The Morgan fingerprint density at radius 1 is 1.44 bits per heavy atom. The van der Waals surface area contributed by atoms with Crippen LogP contribution in [-0.4, -0.2) is 28.0 Å². The molecule has 0 aliphatic carbocycles. The Bertz CT molecular complexity index is 265. The lowest BCUT2D eigenvalue weighted by molar-refractivity contribution is 0.283. The molecule has 0 unspecified atom stereocenters. The van der Waals surface area contributed by atoms with Gasteiger partial charge in [0.05, 0.1) is 5.69 Å². The van der Waals surface area contributed by atoms with Crippen LogP contribution in [0.1, 0.15) is 31.9 Å². The van der Waals surface area contributed by atoms with Crippen LogP contribution in [0.5, 0.6) is 0 Å². The van der Waals surface area contributed by atoms with Gasteiger partial charge >= 0.3 is 0 Å². The Balaban J connectivity index is 0.00000225. The summed E-state index contributed by atoms with van der Waals surface area (Å²) in [5.41, 5.74) is 1.24. The van der Waals surface area contributed by atoms with Crippen molar-refractivity contribution in [2.24, 2.45) is 0 Å². The van der Waals surface area contributed by atoms with Gasteiger partial charge in [-0.2, -0.15) is 5.10 Å². The van der Waals surface area contributed by atoms with E-state index in [9.17, 15) is 0 Å². The van der Waals surface area contributed by atoms with Crippen LogP contribution >= 0.6 is 12.4 Å². The summed E-state index contributed by atoms with van der Waals surface area (Å²) >= 11 is 0. The molecule has 2 N–H and O–H groups in total. The van der Waals surface area contributed by atoms with Crippen molar-refractivity contribution in [3.05, 3.63) is 18.0 Å². The van der Waals surface area contributed by atoms with Crippen molar-refractivity contribution in [2.45, 2.75) is 39.3 Å². The number of aryl methyl sites for hydroxylation is 1. The molecule has 0 saturated carbocycles. The molecule has 0 bridgehead atoms. The minimum Gasteiger partial charge on any atom is -0.396 e. The zero-order chi connectivity index (χ0) is 10.9. The van der Waals surface area contributed by atoms with Crippen molar-refractivity contribution in [1.82, 2.24) is 15.1 Å². The maximum Gasteiger partial charge on any atom is 0.0522 e. The molecule has 94 valence electrons. The molecule has 0 aromatic carbocycles. The van der Waals surface area contributed by atoms with Gasteiger partial charge in [-0.15, -0.1) is 12.4 Å². The van der Waals surface area contributed by atoms with E-state index < -0.39 is 0 Å². The molecule has 0 spiro atoms. The fourth-order valence-electron chi connectivity index (χ4n) is 1.50. The Hall–Kier alpha value is -0.580. The number of aromatic nitrogens is 2. The van der Waals surface area contributed by atoms with Crippen LogP contribution < -0.4 is 5.32 Å². The average Bonchev–Trinajstić information content (AvgIpc) is 2.66. The molecular formula is C11H22ClN3O. The monoisotopic (exact) mass is 247 g/mol. The van der Waals surface area contributed by atoms with Gasteiger partial charge in [0.1, 0.15) is 0 Å². The number of halogens is 1. The molecule has 0 atom stereocenters. The summed E-state index contributed by atoms with van der Waals surface area (Å²) < 4.78 is 2.04. The highest BCUT2D eigenvalue weighted by molar-refractivity contribution is 5.85. The van der Waals surface area contributed by atoms with Gasteiger partial charge in [-0.25, -0.2) is 0 Å². The van der Waals surface area contributed by atoms with Gasteiger partial charge in [0.15, 0.2) is 0 Å². The first-order valence-electron chi connectivity index (χ1n) is 5.70. The first-order chi connectivity index (χ1) is 7.38. The topological polar surface area (TPSA) is 50.1 Å². The summed E-state index contributed by atoms with van der Waals surface area (Å²) in [7, 11) is 0. The van der Waals surface area contributed by atoms with Gasteiger partial charge in [-0.05, 0) is 31.9 Å². The van der Waals surface area contributed by atoms with Crippen molar-refractivity contribution in [1.29, 1.82) is 0 Å². The number of hydrogen-bond donors (Lipinski definition) is 2. The summed E-state index contributed by atoms with van der Waals surface area (Å²) in [6.45, 7) is 5.25. The largest absolute Gasteiger partial charge is 0.396 e. The maximum absolute atomic E-state index is 8.62. The molecule has 1 aromatic rings. The zero-order valence-electron chi connectivity index (χ0n) is 9.85. The van der Waals surface area contributed by atoms with Crippen molar-refractivity contribution < 1.29 is 5.11 Å². The predicted molar refractivity (Wildman–Crippen MR) is 67.8 cm³/mol. The molecular weight excluding hydrogens is 226 g/mol. The SMILES string of the molecule is CCCn1nccc1CNCCCCO.Cl. The van der Waals surface area contributed by atoms with Crippen LogP contribution in [0.25, 0.3) is 0 Å². The summed E-state index contributed by atoms with van der Waals surface area (Å²) in [6, 6.07) is 2.05. The van der Waals surface area contributed by atoms with Gasteiger partial charge in [0.2, 0.25) is 0 Å². The lowest BCUT2D eigenvalue weighted by Crippen LogP contribution is -2.18. The highest BCUT2D eigenvalue weighted by Crippen LogP contribution is 1.99. The molecule has 4 nitrogen and oxygen atoms in total. The van der Waals surface area contributed by atoms with Crippen molar-refractivity contribution in [3.8, 4) is 0 Å². The van der Waals surface area contributed by atoms with Gasteiger partial charge < -0.3 is 10.4 Å². The van der Waals surface area contributed by atoms with Crippen molar-refractivity contribution in [2.75, 3.05) is 13.2 Å². The number of nitrogens with zero attached hydrogens (tertiary/aromatic N) is 2. The molecule has 0 aliphatic heterocycles. The quantitative estimate of drug-likeness (QED) is 0.686. The Morgan fingerprint density at radius 2 is 2.25 bits per heavy atom. The lowest BCUT2D eigenvalue weighted by Gasteiger charge is -2.07. The van der Waals surface area contributed by atoms with E-state index in [0.29, 0.717) is 0 Å². The van der Waals surface area contributed by atoms with Crippen molar-refractivity contribution in [3.63, 3.8) is 0 Å². The molecule has 1 aromatic heterocycles. The predicted octanol–water partition coefficient (Wildman–Crippen LogP) is 1.58. The van der Waals surface area contributed by atoms with E-state index in [0.717, 1.165) is 38.9 Å². The number of rotatable bonds is 8. The molecule has 0 radical (unpaired) electrons. The highest BCUT2D eigenvalue weighted by Gasteiger charge is 1.99. The molecule has 0 fully saturated rings. The highest BCUT2D eigenvalue weighted by atomic mass is 35.5. The standard InChI is InChI=1S/C11H21N3O.ClH/c1-2-8-14-11(5-7-13-14)10-12-6-3-4-9-15;/h5,7,12,15H,2-4,6,8-10H2,1H3;1H. The maximum atomic E-state index is 8.62. The minimum atomic E-state index is 0. The smallest absolute Gasteiger partial charge is 0.0522 e. The van der Waals surface area contributed by atoms with E-state index in [1.165, 1.54) is 5.69 Å². The fourth-order valence-corrected chi connectivity index (χ4v) is 1.50. The summed E-state index contributed by atoms with van der Waals surface area (Å²) in [6.07, 6.45) is 4.86. The van der Waals surface area contributed by atoms with Gasteiger partial charge in [0, 0.05) is 25.9 Å². The first-order valence-corrected chi connectivity index (χ1v) is 5.70. The van der Waals surface area contributed by atoms with E-state index in [1.54, 1.807) is 0 Å². The second kappa shape index (κ2) is 9.63. The normalized spacial score (nSPS) is 10.1. The number of aliphatic hydroxyl groups excluding tert-OH is 1. The second-order valence-electron chi connectivity index (χ2n) is 3.65. The summed E-state index contributed by atoms with van der Waals surface area (Å²) in [5, 5.41) is 16.2. The van der Waals surface area contributed by atoms with Gasteiger partial charge in [0.25, 0.3) is 0 Å². The van der Waals surface area contributed by atoms with Crippen LogP contribution in [-0.2, 0) is 13.1 Å². The van der Waals surface area contributed by atoms with Crippen LogP contribution in [0.3, 0.4) is 0 Å². The van der Waals surface area contributed by atoms with E-state index in [1.807, 2.05) is 10.9 Å². The molecule has 0 amide bonds. The van der Waals surface area contributed by atoms with E-state index in [4.69, 9.17) is 5.11 Å². The van der Waals surface area contributed by atoms with Gasteiger partial charge in [-0.3, -0.25) is 4.68 Å². The van der Waals surface area contributed by atoms with E-state index in [2.05, 4.69) is 23.4 Å². The van der Waals surface area contributed by atoms with Crippen molar-refractivity contribution >= 4 is 12.4 Å². The lowest BCUT2D eigenvalue weighted by atomic mass is 10.3. The average molecular weight is 248 g/mol. The summed E-state index contributed by atoms with van der Waals surface area (Å²) in [5.74, 6) is 0. The number of aliphatic hydroxyl groups is 1. The van der Waals surface area contributed by atoms with Crippen LogP contribution in [0.4, 0.5) is 0 Å². The fraction of sp³-hybridized carbons (Fsp3) is 0.727. The third-order valence-corrected chi connectivity index (χ3v) is 2.31. The minimum absolute atomic E-state index is 0. The third kappa shape index (κ3) is 5.49. The molecule has 16 heavy (non-hydrogen) atoms.